The van der Waals surface area contributed by atoms with Crippen molar-refractivity contribution in [3.63, 3.8) is 0 Å². The Balaban J connectivity index is 0.000000190. The van der Waals surface area contributed by atoms with E-state index in [2.05, 4.69) is 50.3 Å². The first-order chi connectivity index (χ1) is 15.6. The lowest BCUT2D eigenvalue weighted by atomic mass is 9.95. The molecule has 4 atom stereocenters. The molecule has 0 saturated heterocycles. The van der Waals surface area contributed by atoms with Crippen LogP contribution in [-0.2, 0) is 0 Å². The van der Waals surface area contributed by atoms with Gasteiger partial charge in [-0.3, -0.25) is 0 Å². The average molecular weight is 465 g/mol. The molecule has 4 aliphatic rings. The highest BCUT2D eigenvalue weighted by Crippen LogP contribution is 2.55. The maximum atomic E-state index is 9.63. The summed E-state index contributed by atoms with van der Waals surface area (Å²) in [5, 5.41) is 19.3. The van der Waals surface area contributed by atoms with E-state index in [0.29, 0.717) is 35.2 Å². The number of rotatable bonds is 6. The number of phenolic OH excluding ortho intramolecular Hbond substituents is 2. The molecule has 0 amide bonds. The Bertz CT molecular complexity index is 988. The van der Waals surface area contributed by atoms with Crippen LogP contribution in [0, 0.1) is 0 Å². The second-order valence-electron chi connectivity index (χ2n) is 9.18. The number of hydrogen-bond acceptors (Lipinski definition) is 4. The minimum absolute atomic E-state index is 0. The maximum Gasteiger partial charge on any atom is 0.123 e. The van der Waals surface area contributed by atoms with Crippen LogP contribution < -0.4 is 9.47 Å². The molecule has 2 N–H and O–H groups in total. The number of allylic oxidation sites excluding steroid dienone is 4. The lowest BCUT2D eigenvalue weighted by Crippen LogP contribution is -2.05. The molecule has 0 heterocycles. The largest absolute Gasteiger partial charge is 0.508 e. The van der Waals surface area contributed by atoms with Gasteiger partial charge >= 0.3 is 0 Å². The normalized spacial score (nSPS) is 23.4. The fourth-order valence-electron chi connectivity index (χ4n) is 5.68. The van der Waals surface area contributed by atoms with Crippen LogP contribution in [-0.4, -0.2) is 23.4 Å². The monoisotopic (exact) mass is 464 g/mol. The van der Waals surface area contributed by atoms with Crippen LogP contribution in [0.5, 0.6) is 23.0 Å². The zero-order valence-electron chi connectivity index (χ0n) is 18.9. The lowest BCUT2D eigenvalue weighted by Gasteiger charge is -2.19. The third-order valence-corrected chi connectivity index (χ3v) is 7.02. The smallest absolute Gasteiger partial charge is 0.123 e. The van der Waals surface area contributed by atoms with E-state index < -0.39 is 0 Å². The van der Waals surface area contributed by atoms with Crippen LogP contribution >= 0.6 is 0 Å². The molecule has 4 aliphatic carbocycles. The van der Waals surface area contributed by atoms with Crippen LogP contribution in [0.1, 0.15) is 100 Å². The molecule has 4 bridgehead atoms. The molecule has 4 unspecified atom stereocenters. The second-order valence-corrected chi connectivity index (χ2v) is 9.18. The van der Waals surface area contributed by atoms with Gasteiger partial charge in [0.25, 0.3) is 0 Å². The molecular weight excluding hydrogens is 424 g/mol. The second kappa shape index (κ2) is 10.6. The summed E-state index contributed by atoms with van der Waals surface area (Å²) in [6.07, 6.45) is 13.2. The Morgan fingerprint density at radius 1 is 0.618 bits per heavy atom. The van der Waals surface area contributed by atoms with Gasteiger partial charge in [0, 0.05) is 45.9 Å². The maximum absolute atomic E-state index is 9.63. The van der Waals surface area contributed by atoms with Crippen molar-refractivity contribution in [3.05, 3.63) is 70.8 Å². The Labute approximate surface area is 204 Å². The fourth-order valence-corrected chi connectivity index (χ4v) is 5.68. The van der Waals surface area contributed by atoms with Crippen molar-refractivity contribution < 1.29 is 19.7 Å². The van der Waals surface area contributed by atoms with Crippen LogP contribution in [0.3, 0.4) is 0 Å². The highest BCUT2D eigenvalue weighted by atomic mass is 16.5. The van der Waals surface area contributed by atoms with Crippen molar-refractivity contribution in [1.29, 1.82) is 0 Å². The van der Waals surface area contributed by atoms with E-state index in [9.17, 15) is 10.2 Å². The summed E-state index contributed by atoms with van der Waals surface area (Å²) in [6.45, 7) is 5.88. The van der Waals surface area contributed by atoms with Gasteiger partial charge in [-0.2, -0.15) is 0 Å². The van der Waals surface area contributed by atoms with Crippen molar-refractivity contribution >= 4 is 0 Å². The zero-order valence-corrected chi connectivity index (χ0v) is 18.9. The van der Waals surface area contributed by atoms with Crippen LogP contribution in [0.2, 0.25) is 0 Å². The summed E-state index contributed by atoms with van der Waals surface area (Å²) >= 11 is 0. The van der Waals surface area contributed by atoms with Gasteiger partial charge in [0.05, 0.1) is 13.2 Å². The van der Waals surface area contributed by atoms with Crippen molar-refractivity contribution in [2.45, 2.75) is 78.1 Å². The lowest BCUT2D eigenvalue weighted by molar-refractivity contribution is 0.304. The third kappa shape index (κ3) is 4.31. The molecule has 0 fully saturated rings. The highest BCUT2D eigenvalue weighted by Gasteiger charge is 2.38. The Morgan fingerprint density at radius 2 is 0.971 bits per heavy atom. The van der Waals surface area contributed by atoms with Crippen molar-refractivity contribution in [3.8, 4) is 23.0 Å². The number of fused-ring (bicyclic) bond motifs is 10. The molecule has 0 aliphatic heterocycles. The standard InChI is InChI=1S/C17H22O2.C11H10O2.2CH4/c1-3-9-18-14-7-8-15(19-10-4-2)17-13-6-5-12(11-13)16(14)17;12-8-3-4-9(13)11-7-2-1-6(5-7)10(8)11;;/h5-8,12-13H,3-4,9-11H2,1-2H3;1-4,6-7,12-13H,5H2;2*1H4. The third-order valence-electron chi connectivity index (χ3n) is 7.02. The van der Waals surface area contributed by atoms with Gasteiger partial charge < -0.3 is 19.7 Å². The minimum atomic E-state index is 0. The summed E-state index contributed by atoms with van der Waals surface area (Å²) in [4.78, 5) is 0. The summed E-state index contributed by atoms with van der Waals surface area (Å²) in [7, 11) is 0. The first-order valence-electron chi connectivity index (χ1n) is 12.0. The van der Waals surface area contributed by atoms with Crippen LogP contribution in [0.25, 0.3) is 0 Å². The molecule has 4 nitrogen and oxygen atoms in total. The predicted molar refractivity (Wildman–Crippen MR) is 140 cm³/mol. The van der Waals surface area contributed by atoms with Gasteiger partial charge in [-0.25, -0.2) is 0 Å². The molecular formula is C30H40O4. The Morgan fingerprint density at radius 3 is 1.32 bits per heavy atom. The van der Waals surface area contributed by atoms with Crippen molar-refractivity contribution in [1.82, 2.24) is 0 Å². The molecule has 184 valence electrons. The fraction of sp³-hybridized carbons (Fsp3) is 0.467. The summed E-state index contributed by atoms with van der Waals surface area (Å²) in [5.74, 6) is 4.51. The van der Waals surface area contributed by atoms with Gasteiger partial charge in [-0.05, 0) is 49.9 Å². The van der Waals surface area contributed by atoms with Gasteiger partial charge in [0.15, 0.2) is 0 Å². The van der Waals surface area contributed by atoms with Crippen LogP contribution in [0.4, 0.5) is 0 Å². The molecule has 4 heteroatoms. The zero-order chi connectivity index (χ0) is 22.2. The molecule has 0 aromatic heterocycles. The van der Waals surface area contributed by atoms with E-state index in [4.69, 9.17) is 9.47 Å². The summed E-state index contributed by atoms with van der Waals surface area (Å²) < 4.78 is 11.8. The van der Waals surface area contributed by atoms with E-state index in [1.807, 2.05) is 0 Å². The molecule has 6 rings (SSSR count). The molecule has 0 spiro atoms. The average Bonchev–Trinajstić information content (AvgIpc) is 3.60. The van der Waals surface area contributed by atoms with E-state index in [-0.39, 0.29) is 14.9 Å². The molecule has 2 aromatic carbocycles. The first kappa shape index (κ1) is 25.7. The van der Waals surface area contributed by atoms with E-state index >= 15 is 0 Å². The summed E-state index contributed by atoms with van der Waals surface area (Å²) in [6, 6.07) is 7.33. The van der Waals surface area contributed by atoms with Crippen molar-refractivity contribution in [2.75, 3.05) is 13.2 Å². The van der Waals surface area contributed by atoms with E-state index in [1.54, 1.807) is 12.1 Å². The summed E-state index contributed by atoms with van der Waals surface area (Å²) in [5.41, 5.74) is 4.64. The number of phenols is 2. The molecule has 2 aromatic rings. The number of hydrogen-bond donors (Lipinski definition) is 2. The van der Waals surface area contributed by atoms with Gasteiger partial charge in [0.1, 0.15) is 23.0 Å². The molecule has 0 radical (unpaired) electrons. The number of ether oxygens (including phenoxy) is 2. The van der Waals surface area contributed by atoms with Gasteiger partial charge in [-0.1, -0.05) is 53.0 Å². The SMILES string of the molecule is C.C.CCCOc1ccc(OCCC)c2c1C1C=CC2C1.Oc1ccc(O)c2c1C1C=CC2C1. The predicted octanol–water partition coefficient (Wildman–Crippen LogP) is 7.92. The van der Waals surface area contributed by atoms with Crippen molar-refractivity contribution in [2.24, 2.45) is 0 Å². The Hall–Kier alpha value is -2.88. The number of aromatic hydroxyl groups is 2. The quantitative estimate of drug-likeness (QED) is 0.337. The van der Waals surface area contributed by atoms with E-state index in [1.165, 1.54) is 17.5 Å². The molecule has 34 heavy (non-hydrogen) atoms. The number of benzene rings is 2. The molecule has 0 saturated carbocycles. The van der Waals surface area contributed by atoms with E-state index in [0.717, 1.165) is 55.1 Å². The minimum Gasteiger partial charge on any atom is -0.508 e. The highest BCUT2D eigenvalue weighted by molar-refractivity contribution is 5.61. The van der Waals surface area contributed by atoms with Gasteiger partial charge in [-0.15, -0.1) is 0 Å². The Kier molecular flexibility index (Phi) is 8.01. The first-order valence-corrected chi connectivity index (χ1v) is 12.0. The van der Waals surface area contributed by atoms with Crippen LogP contribution in [0.15, 0.2) is 48.6 Å². The topological polar surface area (TPSA) is 58.9 Å². The van der Waals surface area contributed by atoms with Gasteiger partial charge in [0.2, 0.25) is 0 Å².